The van der Waals surface area contributed by atoms with Gasteiger partial charge in [-0.2, -0.15) is 0 Å². The van der Waals surface area contributed by atoms with Crippen LogP contribution < -0.4 is 10.6 Å². The Kier molecular flexibility index (Phi) is 5.01. The molecule has 0 bridgehead atoms. The fourth-order valence-electron chi connectivity index (χ4n) is 2.83. The Morgan fingerprint density at radius 1 is 1.13 bits per heavy atom. The molecule has 120 valence electrons. The van der Waals surface area contributed by atoms with Gasteiger partial charge in [0.05, 0.1) is 11.1 Å². The molecule has 6 heteroatoms. The monoisotopic (exact) mass is 440 g/mol. The van der Waals surface area contributed by atoms with E-state index in [4.69, 9.17) is 0 Å². The molecule has 0 fully saturated rings. The molecule has 0 aliphatic heterocycles. The smallest absolute Gasteiger partial charge is 0.257 e. The zero-order valence-corrected chi connectivity index (χ0v) is 15.7. The highest BCUT2D eigenvalue weighted by Crippen LogP contribution is 2.38. The van der Waals surface area contributed by atoms with E-state index in [1.54, 1.807) is 13.1 Å². The summed E-state index contributed by atoms with van der Waals surface area (Å²) in [5.74, 6) is -0.291. The molecule has 0 saturated heterocycles. The third kappa shape index (κ3) is 3.28. The largest absolute Gasteiger partial charge is 0.355 e. The van der Waals surface area contributed by atoms with E-state index in [0.29, 0.717) is 16.1 Å². The highest BCUT2D eigenvalue weighted by Gasteiger charge is 2.26. The van der Waals surface area contributed by atoms with Crippen molar-refractivity contribution in [3.05, 3.63) is 49.4 Å². The molecule has 2 amide bonds. The fourth-order valence-corrected chi connectivity index (χ4v) is 4.75. The lowest BCUT2D eigenvalue weighted by Crippen LogP contribution is -2.22. The molecule has 3 rings (SSSR count). The summed E-state index contributed by atoms with van der Waals surface area (Å²) in [5.41, 5.74) is 2.38. The zero-order valence-electron chi connectivity index (χ0n) is 12.7. The normalized spacial score (nSPS) is 13.3. The first kappa shape index (κ1) is 16.4. The molecular weight excluding hydrogens is 423 g/mol. The van der Waals surface area contributed by atoms with Gasteiger partial charge in [0.25, 0.3) is 11.8 Å². The molecule has 1 aromatic carbocycles. The first-order valence-electron chi connectivity index (χ1n) is 7.54. The molecule has 0 spiro atoms. The predicted octanol–water partition coefficient (Wildman–Crippen LogP) is 3.84. The summed E-state index contributed by atoms with van der Waals surface area (Å²) in [4.78, 5) is 26.1. The van der Waals surface area contributed by atoms with Crippen molar-refractivity contribution in [2.75, 3.05) is 12.4 Å². The van der Waals surface area contributed by atoms with Crippen LogP contribution in [0.1, 0.15) is 44.0 Å². The minimum Gasteiger partial charge on any atom is -0.355 e. The van der Waals surface area contributed by atoms with E-state index >= 15 is 0 Å². The van der Waals surface area contributed by atoms with E-state index in [1.165, 1.54) is 16.2 Å². The van der Waals surface area contributed by atoms with Gasteiger partial charge in [-0.05, 0) is 66.0 Å². The van der Waals surface area contributed by atoms with Crippen molar-refractivity contribution in [3.8, 4) is 0 Å². The Bertz CT molecular complexity index is 770. The van der Waals surface area contributed by atoms with Gasteiger partial charge in [-0.25, -0.2) is 0 Å². The van der Waals surface area contributed by atoms with Crippen LogP contribution in [0, 0.1) is 3.57 Å². The number of hydrogen-bond acceptors (Lipinski definition) is 3. The maximum Gasteiger partial charge on any atom is 0.257 e. The molecule has 1 aliphatic rings. The molecule has 2 aromatic rings. The molecule has 4 nitrogen and oxygen atoms in total. The number of rotatable bonds is 3. The maximum atomic E-state index is 12.6. The van der Waals surface area contributed by atoms with Crippen LogP contribution in [0.15, 0.2) is 24.3 Å². The van der Waals surface area contributed by atoms with E-state index in [-0.39, 0.29) is 11.8 Å². The highest BCUT2D eigenvalue weighted by molar-refractivity contribution is 14.1. The number of fused-ring (bicyclic) bond motifs is 1. The number of carbonyl (C=O) groups is 2. The van der Waals surface area contributed by atoms with Gasteiger partial charge in [0.15, 0.2) is 0 Å². The number of benzene rings is 1. The average molecular weight is 440 g/mol. The molecule has 23 heavy (non-hydrogen) atoms. The van der Waals surface area contributed by atoms with E-state index < -0.39 is 0 Å². The van der Waals surface area contributed by atoms with E-state index in [0.717, 1.165) is 34.8 Å². The number of hydrogen-bond donors (Lipinski definition) is 2. The van der Waals surface area contributed by atoms with Crippen LogP contribution in [-0.2, 0) is 12.8 Å². The SMILES string of the molecule is CNC(=O)c1c(NC(=O)c2ccccc2I)sc2c1CCCC2. The summed E-state index contributed by atoms with van der Waals surface area (Å²) in [7, 11) is 1.63. The Morgan fingerprint density at radius 3 is 2.61 bits per heavy atom. The lowest BCUT2D eigenvalue weighted by molar-refractivity contribution is 0.0963. The average Bonchev–Trinajstić information content (AvgIpc) is 2.92. The van der Waals surface area contributed by atoms with E-state index in [1.807, 2.05) is 18.2 Å². The molecular formula is C17H17IN2O2S. The Morgan fingerprint density at radius 2 is 1.87 bits per heavy atom. The second-order valence-electron chi connectivity index (χ2n) is 5.43. The van der Waals surface area contributed by atoms with Gasteiger partial charge in [-0.1, -0.05) is 12.1 Å². The second-order valence-corrected chi connectivity index (χ2v) is 7.70. The number of anilines is 1. The number of aryl methyl sites for hydroxylation is 1. The maximum absolute atomic E-state index is 12.6. The van der Waals surface area contributed by atoms with Crippen molar-refractivity contribution in [1.29, 1.82) is 0 Å². The topological polar surface area (TPSA) is 58.2 Å². The molecule has 0 saturated carbocycles. The summed E-state index contributed by atoms with van der Waals surface area (Å²) < 4.78 is 0.894. The van der Waals surface area contributed by atoms with E-state index in [2.05, 4.69) is 33.2 Å². The number of halogens is 1. The Hall–Kier alpha value is -1.41. The number of thiophene rings is 1. The summed E-state index contributed by atoms with van der Waals surface area (Å²) in [5, 5.41) is 6.32. The van der Waals surface area contributed by atoms with Gasteiger partial charge in [-0.3, -0.25) is 9.59 Å². The van der Waals surface area contributed by atoms with Crippen molar-refractivity contribution < 1.29 is 9.59 Å². The predicted molar refractivity (Wildman–Crippen MR) is 101 cm³/mol. The lowest BCUT2D eigenvalue weighted by Gasteiger charge is -2.12. The molecule has 1 heterocycles. The third-order valence-corrected chi connectivity index (χ3v) is 6.12. The van der Waals surface area contributed by atoms with Crippen molar-refractivity contribution in [1.82, 2.24) is 5.32 Å². The number of amides is 2. The van der Waals surface area contributed by atoms with Gasteiger partial charge >= 0.3 is 0 Å². The molecule has 0 radical (unpaired) electrons. The third-order valence-electron chi connectivity index (χ3n) is 3.97. The number of nitrogens with one attached hydrogen (secondary N) is 2. The van der Waals surface area contributed by atoms with Crippen molar-refractivity contribution in [2.24, 2.45) is 0 Å². The molecule has 0 unspecified atom stereocenters. The van der Waals surface area contributed by atoms with Crippen LogP contribution in [0.25, 0.3) is 0 Å². The molecule has 0 atom stereocenters. The van der Waals surface area contributed by atoms with E-state index in [9.17, 15) is 9.59 Å². The molecule has 1 aromatic heterocycles. The van der Waals surface area contributed by atoms with Crippen molar-refractivity contribution in [2.45, 2.75) is 25.7 Å². The first-order chi connectivity index (χ1) is 11.1. The van der Waals surface area contributed by atoms with Crippen molar-refractivity contribution in [3.63, 3.8) is 0 Å². The van der Waals surface area contributed by atoms with Crippen LogP contribution in [0.4, 0.5) is 5.00 Å². The quantitative estimate of drug-likeness (QED) is 0.713. The molecule has 2 N–H and O–H groups in total. The van der Waals surface area contributed by atoms with Crippen LogP contribution in [0.3, 0.4) is 0 Å². The fraction of sp³-hybridized carbons (Fsp3) is 0.294. The minimum atomic E-state index is -0.168. The summed E-state index contributed by atoms with van der Waals surface area (Å²) in [6, 6.07) is 7.44. The van der Waals surface area contributed by atoms with Crippen LogP contribution in [0.5, 0.6) is 0 Å². The Labute approximate surface area is 152 Å². The van der Waals surface area contributed by atoms with Gasteiger partial charge in [0, 0.05) is 15.5 Å². The van der Waals surface area contributed by atoms with Crippen LogP contribution >= 0.6 is 33.9 Å². The van der Waals surface area contributed by atoms with Gasteiger partial charge in [-0.15, -0.1) is 11.3 Å². The van der Waals surface area contributed by atoms with Gasteiger partial charge in [0.1, 0.15) is 5.00 Å². The standard InChI is InChI=1S/C17H17IN2O2S/c1-19-16(22)14-11-7-3-5-9-13(11)23-17(14)20-15(21)10-6-2-4-8-12(10)18/h2,4,6,8H,3,5,7,9H2,1H3,(H,19,22)(H,20,21). The van der Waals surface area contributed by atoms with Crippen molar-refractivity contribution >= 4 is 50.7 Å². The van der Waals surface area contributed by atoms with Crippen LogP contribution in [0.2, 0.25) is 0 Å². The van der Waals surface area contributed by atoms with Gasteiger partial charge in [0.2, 0.25) is 0 Å². The van der Waals surface area contributed by atoms with Gasteiger partial charge < -0.3 is 10.6 Å². The van der Waals surface area contributed by atoms with Crippen LogP contribution in [-0.4, -0.2) is 18.9 Å². The Balaban J connectivity index is 1.96. The molecule has 1 aliphatic carbocycles. The summed E-state index contributed by atoms with van der Waals surface area (Å²) in [6.45, 7) is 0. The first-order valence-corrected chi connectivity index (χ1v) is 9.44. The zero-order chi connectivity index (χ0) is 16.4. The minimum absolute atomic E-state index is 0.123. The highest BCUT2D eigenvalue weighted by atomic mass is 127. The second kappa shape index (κ2) is 7.00. The number of carbonyl (C=O) groups excluding carboxylic acids is 2. The summed E-state index contributed by atoms with van der Waals surface area (Å²) >= 11 is 3.69. The lowest BCUT2D eigenvalue weighted by atomic mass is 9.95. The summed E-state index contributed by atoms with van der Waals surface area (Å²) in [6.07, 6.45) is 4.14.